The van der Waals surface area contributed by atoms with Crippen molar-refractivity contribution < 1.29 is 9.47 Å². The van der Waals surface area contributed by atoms with Gasteiger partial charge in [0.2, 0.25) is 0 Å². The molecule has 1 aliphatic heterocycles. The number of benzene rings is 1. The van der Waals surface area contributed by atoms with Crippen LogP contribution in [0.3, 0.4) is 0 Å². The molecule has 2 N–H and O–H groups in total. The third-order valence-electron chi connectivity index (χ3n) is 5.75. The van der Waals surface area contributed by atoms with Gasteiger partial charge in [0.05, 0.1) is 25.9 Å². The van der Waals surface area contributed by atoms with Gasteiger partial charge in [0.25, 0.3) is 0 Å². The van der Waals surface area contributed by atoms with Crippen LogP contribution in [0.25, 0.3) is 0 Å². The van der Waals surface area contributed by atoms with Crippen LogP contribution < -0.4 is 15.2 Å². The smallest absolute Gasteiger partial charge is 0.175 e. The fourth-order valence-electron chi connectivity index (χ4n) is 4.48. The maximum Gasteiger partial charge on any atom is 0.175 e. The molecule has 160 valence electrons. The van der Waals surface area contributed by atoms with E-state index in [2.05, 4.69) is 26.0 Å². The zero-order chi connectivity index (χ0) is 22.0. The minimum Gasteiger partial charge on any atom is -0.493 e. The molecule has 3 unspecified atom stereocenters. The van der Waals surface area contributed by atoms with E-state index in [1.54, 1.807) is 30.6 Å². The first-order valence-electron chi connectivity index (χ1n) is 10.2. The van der Waals surface area contributed by atoms with Gasteiger partial charge < -0.3 is 15.2 Å². The molecule has 2 aliphatic rings. The number of ether oxygens (including phenoxy) is 2. The van der Waals surface area contributed by atoms with Gasteiger partial charge in [-0.1, -0.05) is 19.9 Å². The summed E-state index contributed by atoms with van der Waals surface area (Å²) >= 11 is 3.30. The average molecular weight is 445 g/mol. The molecule has 1 saturated carbocycles. The van der Waals surface area contributed by atoms with Crippen molar-refractivity contribution in [3.63, 3.8) is 0 Å². The number of amidine groups is 1. The number of fused-ring (bicyclic) bond motifs is 1. The van der Waals surface area contributed by atoms with Crippen molar-refractivity contribution in [3.8, 4) is 23.6 Å². The summed E-state index contributed by atoms with van der Waals surface area (Å²) in [5.74, 6) is 2.83. The van der Waals surface area contributed by atoms with Crippen molar-refractivity contribution >= 4 is 29.4 Å². The number of rotatable bonds is 10. The van der Waals surface area contributed by atoms with E-state index in [0.717, 1.165) is 29.9 Å². The van der Waals surface area contributed by atoms with E-state index < -0.39 is 15.0 Å². The monoisotopic (exact) mass is 444 g/mol. The fourth-order valence-corrected chi connectivity index (χ4v) is 7.70. The molecule has 0 aromatic heterocycles. The zero-order valence-corrected chi connectivity index (χ0v) is 19.5. The molecular formula is C22H28N4O2S2. The summed E-state index contributed by atoms with van der Waals surface area (Å²) in [4.78, 5) is 4.80. The molecule has 1 aromatic carbocycles. The van der Waals surface area contributed by atoms with Gasteiger partial charge in [-0.25, -0.2) is 4.99 Å². The number of nitrogens with zero attached hydrogens (tertiary/aromatic N) is 3. The van der Waals surface area contributed by atoms with E-state index >= 15 is 0 Å². The highest BCUT2D eigenvalue weighted by Gasteiger charge is 2.91. The first-order chi connectivity index (χ1) is 14.5. The van der Waals surface area contributed by atoms with Crippen LogP contribution in [0.15, 0.2) is 23.2 Å². The van der Waals surface area contributed by atoms with Crippen LogP contribution in [0.4, 0.5) is 0 Å². The lowest BCUT2D eigenvalue weighted by Gasteiger charge is -2.32. The Hall–Kier alpha value is -2.03. The van der Waals surface area contributed by atoms with Crippen LogP contribution in [0.1, 0.15) is 45.1 Å². The highest BCUT2D eigenvalue weighted by atomic mass is 32.2. The number of hydrogen-bond donors (Lipinski definition) is 1. The summed E-state index contributed by atoms with van der Waals surface area (Å²) in [5, 5.41) is 20.8. The second-order valence-electron chi connectivity index (χ2n) is 7.39. The fraction of sp³-hybridized carbons (Fsp3) is 0.591. The van der Waals surface area contributed by atoms with E-state index in [-0.39, 0.29) is 11.8 Å². The largest absolute Gasteiger partial charge is 0.493 e. The molecule has 1 heterocycles. The maximum absolute atomic E-state index is 10.5. The van der Waals surface area contributed by atoms with Crippen LogP contribution >= 0.6 is 23.5 Å². The Bertz CT molecular complexity index is 915. The van der Waals surface area contributed by atoms with Gasteiger partial charge in [-0.3, -0.25) is 0 Å². The molecule has 0 spiro atoms. The highest BCUT2D eigenvalue weighted by molar-refractivity contribution is 8.18. The molecule has 0 bridgehead atoms. The molecule has 1 aliphatic carbocycles. The Labute approximate surface area is 187 Å². The van der Waals surface area contributed by atoms with E-state index in [0.29, 0.717) is 18.1 Å². The van der Waals surface area contributed by atoms with Crippen LogP contribution in [-0.4, -0.2) is 35.3 Å². The lowest BCUT2D eigenvalue weighted by molar-refractivity contribution is 0.310. The molecule has 6 nitrogen and oxygen atoms in total. The number of aliphatic imine (C=N–C) groups is 1. The first-order valence-corrected chi connectivity index (χ1v) is 12.2. The summed E-state index contributed by atoms with van der Waals surface area (Å²) in [7, 11) is 1.59. The van der Waals surface area contributed by atoms with Crippen molar-refractivity contribution in [2.45, 2.75) is 43.7 Å². The molecule has 3 rings (SSSR count). The lowest BCUT2D eigenvalue weighted by atomic mass is 9.97. The summed E-state index contributed by atoms with van der Waals surface area (Å²) < 4.78 is 10.4. The summed E-state index contributed by atoms with van der Waals surface area (Å²) in [5.41, 5.74) is 5.13. The molecule has 1 aromatic rings. The Balaban J connectivity index is 2.15. The SMILES string of the molecule is CCCSC1(SCCC)N=C(N)C2(C#N)C(c3ccc(OCC)c(OC)c3)C12C#N. The lowest BCUT2D eigenvalue weighted by Crippen LogP contribution is -2.32. The predicted molar refractivity (Wildman–Crippen MR) is 123 cm³/mol. The number of hydrogen-bond acceptors (Lipinski definition) is 8. The van der Waals surface area contributed by atoms with Crippen molar-refractivity contribution in [1.82, 2.24) is 0 Å². The van der Waals surface area contributed by atoms with Crippen LogP contribution in [-0.2, 0) is 0 Å². The van der Waals surface area contributed by atoms with Crippen molar-refractivity contribution in [2.75, 3.05) is 25.2 Å². The molecular weight excluding hydrogens is 416 g/mol. The standard InChI is InChI=1S/C22H28N4O2S2/c1-5-10-29-22(30-11-6-2)21(14-24)18(20(21,13-23)19(25)26-22)15-8-9-16(28-7-3)17(12-15)27-4/h8-9,12,18H,5-7,10-11H2,1-4H3,(H2,25,26). The Morgan fingerprint density at radius 3 is 2.27 bits per heavy atom. The molecule has 0 saturated heterocycles. The second kappa shape index (κ2) is 8.61. The van der Waals surface area contributed by atoms with E-state index in [9.17, 15) is 10.5 Å². The topological polar surface area (TPSA) is 104 Å². The Morgan fingerprint density at radius 1 is 1.10 bits per heavy atom. The van der Waals surface area contributed by atoms with Gasteiger partial charge >= 0.3 is 0 Å². The summed E-state index contributed by atoms with van der Waals surface area (Å²) in [6.45, 7) is 6.64. The molecule has 0 amide bonds. The Morgan fingerprint density at radius 2 is 1.77 bits per heavy atom. The van der Waals surface area contributed by atoms with Gasteiger partial charge in [0.15, 0.2) is 15.7 Å². The third kappa shape index (κ3) is 2.88. The molecule has 1 fully saturated rings. The highest BCUT2D eigenvalue weighted by Crippen LogP contribution is 2.85. The van der Waals surface area contributed by atoms with E-state index in [1.807, 2.05) is 25.1 Å². The van der Waals surface area contributed by atoms with E-state index in [1.165, 1.54) is 0 Å². The minimum atomic E-state index is -1.12. The maximum atomic E-state index is 10.5. The number of thioether (sulfide) groups is 2. The van der Waals surface area contributed by atoms with Crippen LogP contribution in [0, 0.1) is 33.5 Å². The quantitative estimate of drug-likeness (QED) is 0.529. The summed E-state index contributed by atoms with van der Waals surface area (Å²) in [6.07, 6.45) is 1.91. The minimum absolute atomic E-state index is 0.275. The summed E-state index contributed by atoms with van der Waals surface area (Å²) in [6, 6.07) is 10.6. The van der Waals surface area contributed by atoms with Gasteiger partial charge in [-0.15, -0.1) is 23.5 Å². The average Bonchev–Trinajstić information content (AvgIpc) is 3.34. The Kier molecular flexibility index (Phi) is 6.50. The first kappa shape index (κ1) is 22.7. The molecule has 8 heteroatoms. The molecule has 30 heavy (non-hydrogen) atoms. The van der Waals surface area contributed by atoms with Crippen LogP contribution in [0.2, 0.25) is 0 Å². The number of nitrogens with two attached hydrogens (primary N) is 1. The number of nitriles is 2. The van der Waals surface area contributed by atoms with Crippen LogP contribution in [0.5, 0.6) is 11.5 Å². The number of methoxy groups -OCH3 is 1. The third-order valence-corrected chi connectivity index (χ3v) is 9.29. The normalized spacial score (nSPS) is 28.1. The van der Waals surface area contributed by atoms with Crippen molar-refractivity contribution in [2.24, 2.45) is 21.6 Å². The molecule has 3 atom stereocenters. The molecule has 0 radical (unpaired) electrons. The van der Waals surface area contributed by atoms with Crippen molar-refractivity contribution in [3.05, 3.63) is 23.8 Å². The second-order valence-corrected chi connectivity index (χ2v) is 10.2. The predicted octanol–water partition coefficient (Wildman–Crippen LogP) is 4.52. The van der Waals surface area contributed by atoms with Gasteiger partial charge in [-0.2, -0.15) is 10.5 Å². The zero-order valence-electron chi connectivity index (χ0n) is 17.9. The van der Waals surface area contributed by atoms with Gasteiger partial charge in [-0.05, 0) is 49.0 Å². The van der Waals surface area contributed by atoms with Gasteiger partial charge in [0, 0.05) is 5.92 Å². The van der Waals surface area contributed by atoms with E-state index in [4.69, 9.17) is 20.2 Å². The van der Waals surface area contributed by atoms with Crippen molar-refractivity contribution in [1.29, 1.82) is 10.5 Å². The van der Waals surface area contributed by atoms with Gasteiger partial charge in [0.1, 0.15) is 16.7 Å².